The predicted molar refractivity (Wildman–Crippen MR) is 74.5 cm³/mol. The van der Waals surface area contributed by atoms with Crippen molar-refractivity contribution in [3.63, 3.8) is 0 Å². The molecule has 4 bridgehead atoms. The van der Waals surface area contributed by atoms with Crippen LogP contribution in [-0.4, -0.2) is 41.3 Å². The van der Waals surface area contributed by atoms with Gasteiger partial charge in [-0.3, -0.25) is 0 Å². The van der Waals surface area contributed by atoms with Crippen molar-refractivity contribution in [3.8, 4) is 0 Å². The fraction of sp³-hybridized carbons (Fsp3) is 0.938. The van der Waals surface area contributed by atoms with Crippen LogP contribution in [0.25, 0.3) is 0 Å². The number of carbonyl (C=O) groups excluding carboxylic acids is 1. The SMILES string of the molecule is CCCC(C)([I-]C)C(=O)OC12CC3CC(O)(C1)CC3(O)C2. The van der Waals surface area contributed by atoms with E-state index in [1.165, 1.54) is 0 Å². The standard InChI is InChI=1S/C16H26IO4/c1-4-5-13(2,17-3)12(18)21-15-7-11-6-14(19,8-15)9-16(11,20)10-15/h11,19-20H,4-10H2,1-3H3/q-1. The summed E-state index contributed by atoms with van der Waals surface area (Å²) in [5, 5.41) is 21.3. The topological polar surface area (TPSA) is 66.8 Å². The molecule has 4 rings (SSSR count). The maximum absolute atomic E-state index is 12.7. The van der Waals surface area contributed by atoms with Crippen molar-refractivity contribution in [1.29, 1.82) is 0 Å². The van der Waals surface area contributed by atoms with Gasteiger partial charge >= 0.3 is 137 Å². The fourth-order valence-corrected chi connectivity index (χ4v) is 6.64. The molecule has 2 N–H and O–H groups in total. The fourth-order valence-electron chi connectivity index (χ4n) is 5.01. The summed E-state index contributed by atoms with van der Waals surface area (Å²) in [5.41, 5.74) is -2.25. The van der Waals surface area contributed by atoms with E-state index < -0.39 is 16.8 Å². The molecule has 0 radical (unpaired) electrons. The second-order valence-corrected chi connectivity index (χ2v) is 11.1. The van der Waals surface area contributed by atoms with Gasteiger partial charge < -0.3 is 0 Å². The number of hydrogen-bond acceptors (Lipinski definition) is 4. The molecule has 4 nitrogen and oxygen atoms in total. The first-order valence-corrected chi connectivity index (χ1v) is 11.1. The number of aliphatic hydroxyl groups is 2. The van der Waals surface area contributed by atoms with E-state index in [1.54, 1.807) is 0 Å². The van der Waals surface area contributed by atoms with E-state index in [0.717, 1.165) is 19.3 Å². The zero-order valence-electron chi connectivity index (χ0n) is 13.1. The van der Waals surface area contributed by atoms with Crippen molar-refractivity contribution in [2.45, 2.75) is 79.0 Å². The average Bonchev–Trinajstić information content (AvgIpc) is 2.66. The second-order valence-electron chi connectivity index (χ2n) is 7.67. The van der Waals surface area contributed by atoms with E-state index in [0.29, 0.717) is 25.7 Å². The van der Waals surface area contributed by atoms with Gasteiger partial charge in [0.1, 0.15) is 0 Å². The van der Waals surface area contributed by atoms with Gasteiger partial charge in [0, 0.05) is 0 Å². The molecule has 4 fully saturated rings. The monoisotopic (exact) mass is 409 g/mol. The van der Waals surface area contributed by atoms with Crippen LogP contribution in [-0.2, 0) is 9.53 Å². The number of ether oxygens (including phenoxy) is 1. The third-order valence-corrected chi connectivity index (χ3v) is 9.15. The van der Waals surface area contributed by atoms with Crippen LogP contribution >= 0.6 is 0 Å². The van der Waals surface area contributed by atoms with Gasteiger partial charge in [0.2, 0.25) is 0 Å². The summed E-state index contributed by atoms with van der Waals surface area (Å²) in [6.45, 7) is 4.11. The van der Waals surface area contributed by atoms with E-state index in [-0.39, 0.29) is 36.5 Å². The predicted octanol–water partition coefficient (Wildman–Crippen LogP) is -1.38. The van der Waals surface area contributed by atoms with Crippen LogP contribution in [0, 0.1) is 5.92 Å². The third-order valence-electron chi connectivity index (χ3n) is 5.79. The van der Waals surface area contributed by atoms with Crippen molar-refractivity contribution in [1.82, 2.24) is 0 Å². The molecule has 21 heavy (non-hydrogen) atoms. The van der Waals surface area contributed by atoms with Gasteiger partial charge in [-0.25, -0.2) is 0 Å². The normalized spacial score (nSPS) is 46.8. The molecule has 5 heteroatoms. The van der Waals surface area contributed by atoms with Crippen molar-refractivity contribution < 1.29 is 40.9 Å². The van der Waals surface area contributed by atoms with Crippen LogP contribution in [0.4, 0.5) is 0 Å². The number of alkyl halides is 2. The second kappa shape index (κ2) is 4.81. The van der Waals surface area contributed by atoms with Gasteiger partial charge in [-0.05, 0) is 0 Å². The Labute approximate surface area is 136 Å². The summed E-state index contributed by atoms with van der Waals surface area (Å²) in [6.07, 6.45) is 4.71. The molecule has 122 valence electrons. The first kappa shape index (κ1) is 16.0. The van der Waals surface area contributed by atoms with Crippen LogP contribution < -0.4 is 21.2 Å². The Hall–Kier alpha value is 0.120. The third kappa shape index (κ3) is 2.43. The zero-order chi connectivity index (χ0) is 15.5. The van der Waals surface area contributed by atoms with E-state index >= 15 is 0 Å². The van der Waals surface area contributed by atoms with Crippen molar-refractivity contribution in [2.75, 3.05) is 4.93 Å². The van der Waals surface area contributed by atoms with E-state index in [1.807, 2.05) is 6.92 Å². The Morgan fingerprint density at radius 2 is 2.05 bits per heavy atom. The molecule has 0 heterocycles. The van der Waals surface area contributed by atoms with Crippen LogP contribution in [0.1, 0.15) is 58.8 Å². The molecule has 4 aliphatic carbocycles. The summed E-state index contributed by atoms with van der Waals surface area (Å²) >= 11 is -0.258. The zero-order valence-corrected chi connectivity index (χ0v) is 15.3. The van der Waals surface area contributed by atoms with Crippen molar-refractivity contribution in [2.24, 2.45) is 5.92 Å². The molecule has 0 aromatic carbocycles. The molecule has 0 spiro atoms. The van der Waals surface area contributed by atoms with Gasteiger partial charge in [0.15, 0.2) is 0 Å². The summed E-state index contributed by atoms with van der Waals surface area (Å²) in [4.78, 5) is 14.8. The van der Waals surface area contributed by atoms with Gasteiger partial charge in [-0.15, -0.1) is 0 Å². The minimum atomic E-state index is -0.821. The number of esters is 1. The number of carbonyl (C=O) groups is 1. The van der Waals surface area contributed by atoms with Crippen LogP contribution in [0.15, 0.2) is 0 Å². The molecule has 0 aromatic rings. The molecule has 5 unspecified atom stereocenters. The summed E-state index contributed by atoms with van der Waals surface area (Å²) in [5.74, 6) is -0.00777. The number of hydrogen-bond donors (Lipinski definition) is 2. The number of rotatable bonds is 5. The average molecular weight is 409 g/mol. The van der Waals surface area contributed by atoms with E-state index in [2.05, 4.69) is 11.9 Å². The molecule has 4 aliphatic rings. The number of halogens is 1. The van der Waals surface area contributed by atoms with Gasteiger partial charge in [0.25, 0.3) is 0 Å². The summed E-state index contributed by atoms with van der Waals surface area (Å²) < 4.78 is 5.64. The Bertz CT molecular complexity index is 465. The quantitative estimate of drug-likeness (QED) is 0.334. The Morgan fingerprint density at radius 3 is 2.57 bits per heavy atom. The molecule has 5 atom stereocenters. The van der Waals surface area contributed by atoms with Crippen molar-refractivity contribution >= 4 is 5.97 Å². The molecular formula is C16H26IO4-. The molecule has 0 aliphatic heterocycles. The Balaban J connectivity index is 1.78. The van der Waals surface area contributed by atoms with Crippen LogP contribution in [0.5, 0.6) is 0 Å². The molecule has 0 aromatic heterocycles. The van der Waals surface area contributed by atoms with Gasteiger partial charge in [0.05, 0.1) is 0 Å². The van der Waals surface area contributed by atoms with Gasteiger partial charge in [-0.2, -0.15) is 0 Å². The Morgan fingerprint density at radius 1 is 1.33 bits per heavy atom. The minimum absolute atomic E-state index is 0.0952. The Kier molecular flexibility index (Phi) is 3.66. The van der Waals surface area contributed by atoms with E-state index in [4.69, 9.17) is 4.74 Å². The molecule has 0 amide bonds. The molecule has 4 saturated carbocycles. The first-order chi connectivity index (χ1) is 9.68. The van der Waals surface area contributed by atoms with Gasteiger partial charge in [-0.1, -0.05) is 0 Å². The van der Waals surface area contributed by atoms with Crippen molar-refractivity contribution in [3.05, 3.63) is 0 Å². The van der Waals surface area contributed by atoms with E-state index in [9.17, 15) is 15.0 Å². The molecule has 0 saturated heterocycles. The summed E-state index contributed by atoms with van der Waals surface area (Å²) in [6, 6.07) is 0. The van der Waals surface area contributed by atoms with Crippen LogP contribution in [0.2, 0.25) is 0 Å². The van der Waals surface area contributed by atoms with Crippen LogP contribution in [0.3, 0.4) is 0 Å². The first-order valence-electron chi connectivity index (χ1n) is 7.87. The maximum atomic E-state index is 12.7. The molecular weight excluding hydrogens is 383 g/mol. The summed E-state index contributed by atoms with van der Waals surface area (Å²) in [7, 11) is 0.